The van der Waals surface area contributed by atoms with E-state index >= 15 is 0 Å². The maximum absolute atomic E-state index is 13.8. The van der Waals surface area contributed by atoms with E-state index in [0.717, 1.165) is 30.6 Å². The molecule has 0 radical (unpaired) electrons. The minimum atomic E-state index is -3.00. The highest BCUT2D eigenvalue weighted by atomic mass is 19.3. The van der Waals surface area contributed by atoms with E-state index in [1.807, 2.05) is 0 Å². The van der Waals surface area contributed by atoms with E-state index in [0.29, 0.717) is 0 Å². The smallest absolute Gasteiger partial charge is 0.292 e. The van der Waals surface area contributed by atoms with Crippen LogP contribution in [0.5, 0.6) is 0 Å². The molecule has 23 heavy (non-hydrogen) atoms. The van der Waals surface area contributed by atoms with Crippen LogP contribution in [0.25, 0.3) is 0 Å². The Hall–Kier alpha value is -2.06. The Morgan fingerprint density at radius 2 is 2.04 bits per heavy atom. The van der Waals surface area contributed by atoms with Gasteiger partial charge in [-0.3, -0.25) is 9.59 Å². The molecule has 0 unspecified atom stereocenters. The summed E-state index contributed by atoms with van der Waals surface area (Å²) in [6.45, 7) is -0.648. The van der Waals surface area contributed by atoms with Crippen molar-refractivity contribution in [3.05, 3.63) is 11.7 Å². The number of alkyl halides is 2. The van der Waals surface area contributed by atoms with Gasteiger partial charge in [-0.2, -0.15) is 4.98 Å². The molecule has 1 saturated heterocycles. The highest BCUT2D eigenvalue weighted by Gasteiger charge is 2.51. The molecule has 1 atom stereocenters. The molecule has 1 saturated carbocycles. The molecule has 0 spiro atoms. The molecule has 2 aliphatic rings. The summed E-state index contributed by atoms with van der Waals surface area (Å²) in [5.41, 5.74) is 0. The highest BCUT2D eigenvalue weighted by Crippen LogP contribution is 2.42. The molecule has 0 aromatic carbocycles. The lowest BCUT2D eigenvalue weighted by molar-refractivity contribution is -0.138. The van der Waals surface area contributed by atoms with Crippen LogP contribution < -0.4 is 5.32 Å². The number of likely N-dealkylation sites (tertiary alicyclic amines) is 1. The van der Waals surface area contributed by atoms with Crippen LogP contribution >= 0.6 is 0 Å². The zero-order valence-electron chi connectivity index (χ0n) is 12.7. The summed E-state index contributed by atoms with van der Waals surface area (Å²) in [5, 5.41) is 5.82. The van der Waals surface area contributed by atoms with Crippen molar-refractivity contribution in [3.63, 3.8) is 0 Å². The average molecular weight is 328 g/mol. The lowest BCUT2D eigenvalue weighted by atomic mass is 10.1. The third-order valence-electron chi connectivity index (χ3n) is 4.41. The third-order valence-corrected chi connectivity index (χ3v) is 4.41. The molecule has 2 fully saturated rings. The summed E-state index contributed by atoms with van der Waals surface area (Å²) in [5.74, 6) is -4.42. The number of hydrogen-bond acceptors (Lipinski definition) is 5. The molecule has 1 aromatic rings. The van der Waals surface area contributed by atoms with Crippen molar-refractivity contribution in [2.75, 3.05) is 13.6 Å². The maximum atomic E-state index is 13.8. The number of halogens is 2. The van der Waals surface area contributed by atoms with Crippen LogP contribution in [0, 0.1) is 5.92 Å². The Morgan fingerprint density at radius 1 is 1.35 bits per heavy atom. The number of aromatic nitrogens is 2. The summed E-state index contributed by atoms with van der Waals surface area (Å²) in [7, 11) is 1.40. The van der Waals surface area contributed by atoms with Crippen LogP contribution in [0.4, 0.5) is 8.78 Å². The van der Waals surface area contributed by atoms with Gasteiger partial charge in [-0.1, -0.05) is 18.0 Å². The van der Waals surface area contributed by atoms with Gasteiger partial charge in [0.2, 0.25) is 11.8 Å². The molecular weight excluding hydrogens is 310 g/mol. The van der Waals surface area contributed by atoms with Crippen molar-refractivity contribution in [3.8, 4) is 0 Å². The second-order valence-corrected chi connectivity index (χ2v) is 6.06. The first-order valence-electron chi connectivity index (χ1n) is 7.65. The minimum absolute atomic E-state index is 0.118. The number of carbonyl (C=O) groups excluding carboxylic acids is 2. The second kappa shape index (κ2) is 5.86. The first-order valence-corrected chi connectivity index (χ1v) is 7.65. The predicted molar refractivity (Wildman–Crippen MR) is 73.7 cm³/mol. The van der Waals surface area contributed by atoms with E-state index in [4.69, 9.17) is 4.52 Å². The molecule has 7 nitrogen and oxygen atoms in total. The standard InChI is InChI=1S/C14H18F2N4O3/c1-17-11(21)10-18-12(23-19-10)9-6-14(15,16)7-20(9)13(22)8-4-2-3-5-8/h8-9H,2-7H2,1H3,(H,17,21)/t9-/m0/s1. The number of amides is 2. The van der Waals surface area contributed by atoms with Crippen LogP contribution in [0.15, 0.2) is 4.52 Å². The van der Waals surface area contributed by atoms with Crippen LogP contribution in [0.1, 0.15) is 54.7 Å². The Bertz CT molecular complexity index is 613. The van der Waals surface area contributed by atoms with Crippen LogP contribution in [-0.2, 0) is 4.79 Å². The zero-order valence-corrected chi connectivity index (χ0v) is 12.7. The first-order chi connectivity index (χ1) is 10.9. The van der Waals surface area contributed by atoms with Gasteiger partial charge in [0, 0.05) is 19.4 Å². The monoisotopic (exact) mass is 328 g/mol. The third kappa shape index (κ3) is 3.04. The van der Waals surface area contributed by atoms with Crippen LogP contribution in [0.3, 0.4) is 0 Å². The molecule has 3 rings (SSSR count). The number of hydrogen-bond donors (Lipinski definition) is 1. The summed E-state index contributed by atoms with van der Waals surface area (Å²) >= 11 is 0. The van der Waals surface area contributed by atoms with E-state index < -0.39 is 30.8 Å². The quantitative estimate of drug-likeness (QED) is 0.909. The molecule has 1 aliphatic carbocycles. The molecule has 0 bridgehead atoms. The topological polar surface area (TPSA) is 88.3 Å². The highest BCUT2D eigenvalue weighted by molar-refractivity contribution is 5.89. The molecule has 2 amide bonds. The SMILES string of the molecule is CNC(=O)c1noc([C@@H]2CC(F)(F)CN2C(=O)C2CCCC2)n1. The average Bonchev–Trinajstić information content (AvgIpc) is 3.24. The van der Waals surface area contributed by atoms with E-state index in [9.17, 15) is 18.4 Å². The molecule has 2 heterocycles. The van der Waals surface area contributed by atoms with Crippen molar-refractivity contribution in [1.82, 2.24) is 20.4 Å². The lowest BCUT2D eigenvalue weighted by Gasteiger charge is -2.24. The van der Waals surface area contributed by atoms with Gasteiger partial charge in [0.1, 0.15) is 6.04 Å². The van der Waals surface area contributed by atoms with Gasteiger partial charge in [-0.15, -0.1) is 0 Å². The summed E-state index contributed by atoms with van der Waals surface area (Å²) < 4.78 is 32.7. The molecule has 1 aromatic heterocycles. The number of rotatable bonds is 3. The van der Waals surface area contributed by atoms with Gasteiger partial charge < -0.3 is 14.7 Å². The van der Waals surface area contributed by atoms with Gasteiger partial charge in [-0.05, 0) is 12.8 Å². The Kier molecular flexibility index (Phi) is 4.03. The van der Waals surface area contributed by atoms with Crippen molar-refractivity contribution in [2.45, 2.75) is 44.1 Å². The normalized spacial score (nSPS) is 24.1. The largest absolute Gasteiger partial charge is 0.352 e. The summed E-state index contributed by atoms with van der Waals surface area (Å²) in [4.78, 5) is 29.0. The lowest BCUT2D eigenvalue weighted by Crippen LogP contribution is -2.36. The van der Waals surface area contributed by atoms with E-state index in [2.05, 4.69) is 15.5 Å². The molecular formula is C14H18F2N4O3. The predicted octanol–water partition coefficient (Wildman–Crippen LogP) is 1.53. The maximum Gasteiger partial charge on any atom is 0.292 e. The van der Waals surface area contributed by atoms with E-state index in [-0.39, 0.29) is 23.5 Å². The fourth-order valence-electron chi connectivity index (χ4n) is 3.25. The minimum Gasteiger partial charge on any atom is -0.352 e. The first kappa shape index (κ1) is 15.8. The van der Waals surface area contributed by atoms with Crippen LogP contribution in [0.2, 0.25) is 0 Å². The van der Waals surface area contributed by atoms with Gasteiger partial charge in [0.25, 0.3) is 17.7 Å². The Balaban J connectivity index is 1.84. The van der Waals surface area contributed by atoms with Gasteiger partial charge in [0.15, 0.2) is 0 Å². The Labute approximate surface area is 131 Å². The zero-order chi connectivity index (χ0) is 16.6. The fourth-order valence-corrected chi connectivity index (χ4v) is 3.25. The van der Waals surface area contributed by atoms with E-state index in [1.165, 1.54) is 7.05 Å². The van der Waals surface area contributed by atoms with Gasteiger partial charge >= 0.3 is 0 Å². The molecule has 126 valence electrons. The van der Waals surface area contributed by atoms with Crippen LogP contribution in [-0.4, -0.2) is 46.4 Å². The van der Waals surface area contributed by atoms with Crippen molar-refractivity contribution >= 4 is 11.8 Å². The molecule has 1 aliphatic heterocycles. The Morgan fingerprint density at radius 3 is 2.70 bits per heavy atom. The van der Waals surface area contributed by atoms with Gasteiger partial charge in [-0.25, -0.2) is 8.78 Å². The summed E-state index contributed by atoms with van der Waals surface area (Å²) in [6.07, 6.45) is 2.75. The van der Waals surface area contributed by atoms with Crippen molar-refractivity contribution in [2.24, 2.45) is 5.92 Å². The van der Waals surface area contributed by atoms with Crippen molar-refractivity contribution in [1.29, 1.82) is 0 Å². The number of nitrogens with one attached hydrogen (secondary N) is 1. The fraction of sp³-hybridized carbons (Fsp3) is 0.714. The van der Waals surface area contributed by atoms with Gasteiger partial charge in [0.05, 0.1) is 6.54 Å². The second-order valence-electron chi connectivity index (χ2n) is 6.06. The number of carbonyl (C=O) groups is 2. The molecule has 9 heteroatoms. The molecule has 1 N–H and O–H groups in total. The van der Waals surface area contributed by atoms with Crippen molar-refractivity contribution < 1.29 is 22.9 Å². The van der Waals surface area contributed by atoms with E-state index in [1.54, 1.807) is 0 Å². The summed E-state index contributed by atoms with van der Waals surface area (Å²) in [6, 6.07) is -0.982. The number of nitrogens with zero attached hydrogens (tertiary/aromatic N) is 3.